The Balaban J connectivity index is 2.42. The molecule has 1 aromatic carbocycles. The fourth-order valence-corrected chi connectivity index (χ4v) is 2.23. The normalized spacial score (nSPS) is 11.8. The molecule has 0 atom stereocenters. The van der Waals surface area contributed by atoms with Gasteiger partial charge in [0.15, 0.2) is 0 Å². The number of rotatable bonds is 7. The summed E-state index contributed by atoms with van der Waals surface area (Å²) in [6.07, 6.45) is 0.666. The molecule has 0 unspecified atom stereocenters. The molecule has 0 aromatic heterocycles. The molecule has 112 valence electrons. The van der Waals surface area contributed by atoms with Gasteiger partial charge in [-0.25, -0.2) is 0 Å². The summed E-state index contributed by atoms with van der Waals surface area (Å²) in [6, 6.07) is 6.20. The highest BCUT2D eigenvalue weighted by Gasteiger charge is 2.28. The Morgan fingerprint density at radius 3 is 2.40 bits per heavy atom. The van der Waals surface area contributed by atoms with Crippen molar-refractivity contribution in [3.8, 4) is 0 Å². The number of carboxylic acids is 1. The molecule has 3 nitrogen and oxygen atoms in total. The number of carboxylic acid groups (broad SMARTS) is 1. The monoisotopic (exact) mass is 307 g/mol. The molecule has 0 radical (unpaired) electrons. The Morgan fingerprint density at radius 2 is 1.90 bits per heavy atom. The maximum absolute atomic E-state index is 12.2. The summed E-state index contributed by atoms with van der Waals surface area (Å²) in [4.78, 5) is 12.5. The zero-order valence-corrected chi connectivity index (χ0v) is 11.8. The lowest BCUT2D eigenvalue weighted by molar-refractivity contribution is -0.137. The summed E-state index contributed by atoms with van der Waals surface area (Å²) >= 11 is -0.133. The van der Waals surface area contributed by atoms with Crippen LogP contribution in [0.1, 0.15) is 18.4 Å². The van der Waals surface area contributed by atoms with Gasteiger partial charge in [0.1, 0.15) is 0 Å². The van der Waals surface area contributed by atoms with Crippen molar-refractivity contribution in [3.63, 3.8) is 0 Å². The van der Waals surface area contributed by atoms with Crippen LogP contribution in [0.2, 0.25) is 0 Å². The molecular weight excluding hydrogens is 291 g/mol. The summed E-state index contributed by atoms with van der Waals surface area (Å²) in [6.45, 7) is 1.21. The third-order valence-electron chi connectivity index (χ3n) is 2.54. The molecule has 0 fully saturated rings. The van der Waals surface area contributed by atoms with Gasteiger partial charge in [0.25, 0.3) is 0 Å². The number of halogens is 3. The van der Waals surface area contributed by atoms with Gasteiger partial charge in [-0.2, -0.15) is 13.2 Å². The van der Waals surface area contributed by atoms with E-state index in [0.29, 0.717) is 19.5 Å². The van der Waals surface area contributed by atoms with Crippen LogP contribution in [-0.2, 0) is 11.3 Å². The second kappa shape index (κ2) is 7.54. The molecule has 20 heavy (non-hydrogen) atoms. The minimum absolute atomic E-state index is 0.117. The van der Waals surface area contributed by atoms with Crippen molar-refractivity contribution < 1.29 is 23.1 Å². The van der Waals surface area contributed by atoms with Gasteiger partial charge in [0.05, 0.1) is 0 Å². The highest BCUT2D eigenvalue weighted by Crippen LogP contribution is 2.36. The zero-order valence-electron chi connectivity index (χ0n) is 11.0. The molecule has 7 heteroatoms. The van der Waals surface area contributed by atoms with E-state index in [1.165, 1.54) is 12.1 Å². The molecular formula is C13H16F3NO2S. The Morgan fingerprint density at radius 1 is 1.30 bits per heavy atom. The number of hydrogen-bond donors (Lipinski definition) is 1. The van der Waals surface area contributed by atoms with Crippen LogP contribution in [0.5, 0.6) is 0 Å². The Kier molecular flexibility index (Phi) is 6.35. The average molecular weight is 307 g/mol. The lowest BCUT2D eigenvalue weighted by atomic mass is 10.2. The van der Waals surface area contributed by atoms with Crippen LogP contribution < -0.4 is 0 Å². The molecule has 0 saturated carbocycles. The number of nitrogens with zero attached hydrogens (tertiary/aromatic N) is 1. The van der Waals surface area contributed by atoms with Gasteiger partial charge in [-0.1, -0.05) is 12.1 Å². The van der Waals surface area contributed by atoms with E-state index >= 15 is 0 Å². The maximum Gasteiger partial charge on any atom is 0.446 e. The maximum atomic E-state index is 12.2. The highest BCUT2D eigenvalue weighted by molar-refractivity contribution is 8.00. The highest BCUT2D eigenvalue weighted by atomic mass is 32.2. The van der Waals surface area contributed by atoms with Gasteiger partial charge in [-0.05, 0) is 49.5 Å². The number of hydrogen-bond acceptors (Lipinski definition) is 3. The van der Waals surface area contributed by atoms with E-state index in [4.69, 9.17) is 5.11 Å². The van der Waals surface area contributed by atoms with Crippen LogP contribution in [0.3, 0.4) is 0 Å². The van der Waals surface area contributed by atoms with Crippen LogP contribution in [0.25, 0.3) is 0 Å². The number of benzene rings is 1. The van der Waals surface area contributed by atoms with Crippen LogP contribution in [0, 0.1) is 0 Å². The predicted molar refractivity (Wildman–Crippen MR) is 71.6 cm³/mol. The quantitative estimate of drug-likeness (QED) is 0.782. The minimum atomic E-state index is -4.27. The first kappa shape index (κ1) is 16.8. The fraction of sp³-hybridized carbons (Fsp3) is 0.462. The summed E-state index contributed by atoms with van der Waals surface area (Å²) < 4.78 is 36.5. The molecule has 0 aliphatic rings. The topological polar surface area (TPSA) is 40.5 Å². The lowest BCUT2D eigenvalue weighted by Gasteiger charge is -2.16. The van der Waals surface area contributed by atoms with Gasteiger partial charge in [-0.3, -0.25) is 4.79 Å². The van der Waals surface area contributed by atoms with E-state index in [1.54, 1.807) is 12.1 Å². The number of aliphatic carboxylic acids is 1. The summed E-state index contributed by atoms with van der Waals surface area (Å²) in [5.41, 5.74) is -3.37. The average Bonchev–Trinajstić information content (AvgIpc) is 2.29. The molecule has 0 saturated heterocycles. The van der Waals surface area contributed by atoms with Crippen molar-refractivity contribution in [1.82, 2.24) is 4.90 Å². The van der Waals surface area contributed by atoms with E-state index in [9.17, 15) is 18.0 Å². The van der Waals surface area contributed by atoms with Crippen molar-refractivity contribution in [2.45, 2.75) is 29.8 Å². The third kappa shape index (κ3) is 7.40. The SMILES string of the molecule is CN(CCCC(=O)O)Cc1ccc(SC(F)(F)F)cc1. The van der Waals surface area contributed by atoms with Gasteiger partial charge in [0, 0.05) is 17.9 Å². The van der Waals surface area contributed by atoms with E-state index in [1.807, 2.05) is 11.9 Å². The number of carbonyl (C=O) groups is 1. The first-order valence-corrected chi connectivity index (χ1v) is 6.83. The smallest absolute Gasteiger partial charge is 0.446 e. The van der Waals surface area contributed by atoms with Crippen LogP contribution in [0.4, 0.5) is 13.2 Å². The Labute approximate surface area is 119 Å². The van der Waals surface area contributed by atoms with Crippen LogP contribution in [0.15, 0.2) is 29.2 Å². The third-order valence-corrected chi connectivity index (χ3v) is 3.28. The standard InChI is InChI=1S/C13H16F3NO2S/c1-17(8-2-3-12(18)19)9-10-4-6-11(7-5-10)20-13(14,15)16/h4-7H,2-3,8-9H2,1H3,(H,18,19). The number of thioether (sulfide) groups is 1. The van der Waals surface area contributed by atoms with Gasteiger partial charge in [-0.15, -0.1) is 0 Å². The summed E-state index contributed by atoms with van der Waals surface area (Å²) in [5, 5.41) is 8.53. The van der Waals surface area contributed by atoms with Crippen molar-refractivity contribution >= 4 is 17.7 Å². The fourth-order valence-electron chi connectivity index (χ4n) is 1.69. The first-order chi connectivity index (χ1) is 9.26. The van der Waals surface area contributed by atoms with Crippen molar-refractivity contribution in [2.75, 3.05) is 13.6 Å². The van der Waals surface area contributed by atoms with Crippen molar-refractivity contribution in [3.05, 3.63) is 29.8 Å². The second-order valence-electron chi connectivity index (χ2n) is 4.43. The first-order valence-electron chi connectivity index (χ1n) is 6.01. The largest absolute Gasteiger partial charge is 0.481 e. The van der Waals surface area contributed by atoms with Crippen molar-refractivity contribution in [2.24, 2.45) is 0 Å². The number of alkyl halides is 3. The van der Waals surface area contributed by atoms with E-state index in [-0.39, 0.29) is 23.1 Å². The molecule has 0 bridgehead atoms. The summed E-state index contributed by atoms with van der Waals surface area (Å²) in [7, 11) is 1.85. The van der Waals surface area contributed by atoms with Gasteiger partial charge < -0.3 is 10.0 Å². The molecule has 1 aromatic rings. The molecule has 0 spiro atoms. The second-order valence-corrected chi connectivity index (χ2v) is 5.57. The molecule has 1 N–H and O–H groups in total. The van der Waals surface area contributed by atoms with E-state index in [0.717, 1.165) is 5.56 Å². The Hall–Kier alpha value is -1.21. The molecule has 0 aliphatic carbocycles. The van der Waals surface area contributed by atoms with Gasteiger partial charge in [0.2, 0.25) is 0 Å². The van der Waals surface area contributed by atoms with Crippen molar-refractivity contribution in [1.29, 1.82) is 0 Å². The molecule has 0 aliphatic heterocycles. The molecule has 0 amide bonds. The van der Waals surface area contributed by atoms with Crippen LogP contribution >= 0.6 is 11.8 Å². The minimum Gasteiger partial charge on any atom is -0.481 e. The van der Waals surface area contributed by atoms with E-state index < -0.39 is 11.5 Å². The Bertz CT molecular complexity index is 434. The van der Waals surface area contributed by atoms with E-state index in [2.05, 4.69) is 0 Å². The van der Waals surface area contributed by atoms with Gasteiger partial charge >= 0.3 is 11.5 Å². The predicted octanol–water partition coefficient (Wildman–Crippen LogP) is 3.60. The van der Waals surface area contributed by atoms with Crippen LogP contribution in [-0.4, -0.2) is 35.1 Å². The molecule has 0 heterocycles. The molecule has 1 rings (SSSR count). The lowest BCUT2D eigenvalue weighted by Crippen LogP contribution is -2.19. The summed E-state index contributed by atoms with van der Waals surface area (Å²) in [5.74, 6) is -0.827. The zero-order chi connectivity index (χ0) is 15.2.